The maximum Gasteiger partial charge on any atom is 0.409 e. The van der Waals surface area contributed by atoms with E-state index in [0.717, 1.165) is 4.90 Å². The van der Waals surface area contributed by atoms with Crippen LogP contribution >= 0.6 is 0 Å². The van der Waals surface area contributed by atoms with Crippen molar-refractivity contribution in [3.8, 4) is 0 Å². The summed E-state index contributed by atoms with van der Waals surface area (Å²) in [6.45, 7) is 3.39. The quantitative estimate of drug-likeness (QED) is 0.479. The van der Waals surface area contributed by atoms with Crippen LogP contribution in [0.5, 0.6) is 0 Å². The molecule has 1 saturated heterocycles. The normalized spacial score (nSPS) is 15.0. The molecular formula is C14H24N4O5. The van der Waals surface area contributed by atoms with Gasteiger partial charge in [-0.15, -0.1) is 0 Å². The molecule has 1 aliphatic heterocycles. The summed E-state index contributed by atoms with van der Waals surface area (Å²) in [6.07, 6.45) is 1.46. The highest BCUT2D eigenvalue weighted by Gasteiger charge is 2.28. The lowest BCUT2D eigenvalue weighted by Crippen LogP contribution is -2.50. The average Bonchev–Trinajstić information content (AvgIpc) is 2.56. The molecule has 0 aliphatic carbocycles. The van der Waals surface area contributed by atoms with Crippen molar-refractivity contribution in [3.63, 3.8) is 0 Å². The fraction of sp³-hybridized carbons (Fsp3) is 0.714. The van der Waals surface area contributed by atoms with Crippen LogP contribution in [-0.4, -0.2) is 72.9 Å². The number of hydrogen-bond donors (Lipinski definition) is 2. The molecule has 1 heterocycles. The molecule has 0 saturated carbocycles. The lowest BCUT2D eigenvalue weighted by atomic mass is 10.1. The van der Waals surface area contributed by atoms with Gasteiger partial charge >= 0.3 is 17.9 Å². The number of hydrogen-bond acceptors (Lipinski definition) is 6. The van der Waals surface area contributed by atoms with E-state index in [9.17, 15) is 19.2 Å². The van der Waals surface area contributed by atoms with Crippen LogP contribution in [0.1, 0.15) is 26.2 Å². The Labute approximate surface area is 135 Å². The highest BCUT2D eigenvalue weighted by Crippen LogP contribution is 2.11. The van der Waals surface area contributed by atoms with E-state index in [4.69, 9.17) is 10.5 Å². The minimum Gasteiger partial charge on any atom is -0.450 e. The van der Waals surface area contributed by atoms with Gasteiger partial charge in [-0.1, -0.05) is 0 Å². The third kappa shape index (κ3) is 5.85. The SMILES string of the molecule is CCOC(=O)N1CCC(NC(=O)C(=O)N(C=O)CCCN)CC1. The fourth-order valence-corrected chi connectivity index (χ4v) is 2.26. The van der Waals surface area contributed by atoms with Gasteiger partial charge in [0.1, 0.15) is 0 Å². The highest BCUT2D eigenvalue weighted by molar-refractivity contribution is 6.36. The lowest BCUT2D eigenvalue weighted by molar-refractivity contribution is -0.149. The molecule has 0 aromatic carbocycles. The largest absolute Gasteiger partial charge is 0.450 e. The zero-order valence-corrected chi connectivity index (χ0v) is 13.3. The maximum atomic E-state index is 11.9. The number of nitrogens with two attached hydrogens (primary N) is 1. The van der Waals surface area contributed by atoms with E-state index in [0.29, 0.717) is 51.9 Å². The predicted octanol–water partition coefficient (Wildman–Crippen LogP) is -0.943. The zero-order valence-electron chi connectivity index (χ0n) is 13.3. The molecule has 0 bridgehead atoms. The number of carbonyl (C=O) groups is 4. The van der Waals surface area contributed by atoms with Crippen LogP contribution < -0.4 is 11.1 Å². The van der Waals surface area contributed by atoms with E-state index in [1.807, 2.05) is 0 Å². The van der Waals surface area contributed by atoms with Crippen LogP contribution in [-0.2, 0) is 19.1 Å². The van der Waals surface area contributed by atoms with Crippen LogP contribution in [0.3, 0.4) is 0 Å². The highest BCUT2D eigenvalue weighted by atomic mass is 16.6. The molecule has 23 heavy (non-hydrogen) atoms. The van der Waals surface area contributed by atoms with Crippen LogP contribution in [0, 0.1) is 0 Å². The average molecular weight is 328 g/mol. The number of nitrogens with one attached hydrogen (secondary N) is 1. The molecule has 130 valence electrons. The van der Waals surface area contributed by atoms with Crippen molar-refractivity contribution in [3.05, 3.63) is 0 Å². The molecule has 1 fully saturated rings. The molecule has 0 spiro atoms. The zero-order chi connectivity index (χ0) is 17.2. The van der Waals surface area contributed by atoms with Crippen molar-refractivity contribution in [2.24, 2.45) is 5.73 Å². The van der Waals surface area contributed by atoms with Gasteiger partial charge in [-0.05, 0) is 32.7 Å². The Morgan fingerprint density at radius 2 is 2.00 bits per heavy atom. The first-order chi connectivity index (χ1) is 11.0. The summed E-state index contributed by atoms with van der Waals surface area (Å²) in [5, 5.41) is 2.60. The Morgan fingerprint density at radius 1 is 1.35 bits per heavy atom. The molecular weight excluding hydrogens is 304 g/mol. The van der Waals surface area contributed by atoms with E-state index in [1.165, 1.54) is 0 Å². The van der Waals surface area contributed by atoms with Crippen LogP contribution in [0.4, 0.5) is 4.79 Å². The molecule has 0 aromatic heterocycles. The van der Waals surface area contributed by atoms with Crippen molar-refractivity contribution >= 4 is 24.3 Å². The van der Waals surface area contributed by atoms with E-state index in [1.54, 1.807) is 11.8 Å². The fourth-order valence-electron chi connectivity index (χ4n) is 2.26. The molecule has 0 radical (unpaired) electrons. The molecule has 0 aromatic rings. The molecule has 3 N–H and O–H groups in total. The first-order valence-corrected chi connectivity index (χ1v) is 7.72. The molecule has 1 aliphatic rings. The van der Waals surface area contributed by atoms with E-state index >= 15 is 0 Å². The second kappa shape index (κ2) is 9.78. The number of carbonyl (C=O) groups excluding carboxylic acids is 4. The summed E-state index contributed by atoms with van der Waals surface area (Å²) in [5.41, 5.74) is 5.32. The molecule has 4 amide bonds. The standard InChI is InChI=1S/C14H24N4O5/c1-2-23-14(22)17-8-4-11(5-9-17)16-12(20)13(21)18(10-19)7-3-6-15/h10-11H,2-9,15H2,1H3,(H,16,20). The Morgan fingerprint density at radius 3 is 2.52 bits per heavy atom. The second-order valence-electron chi connectivity index (χ2n) is 5.18. The van der Waals surface area contributed by atoms with Gasteiger partial charge in [0.15, 0.2) is 0 Å². The molecule has 1 rings (SSSR count). The number of nitrogens with zero attached hydrogens (tertiary/aromatic N) is 2. The van der Waals surface area contributed by atoms with Gasteiger partial charge in [0.05, 0.1) is 6.61 Å². The van der Waals surface area contributed by atoms with Crippen molar-refractivity contribution in [2.45, 2.75) is 32.2 Å². The number of piperidine rings is 1. The van der Waals surface area contributed by atoms with E-state index < -0.39 is 11.8 Å². The number of amides is 4. The first-order valence-electron chi connectivity index (χ1n) is 7.72. The maximum absolute atomic E-state index is 11.9. The molecule has 9 heteroatoms. The smallest absolute Gasteiger partial charge is 0.409 e. The van der Waals surface area contributed by atoms with Crippen LogP contribution in [0.2, 0.25) is 0 Å². The van der Waals surface area contributed by atoms with Gasteiger partial charge in [-0.3, -0.25) is 19.3 Å². The monoisotopic (exact) mass is 328 g/mol. The van der Waals surface area contributed by atoms with E-state index in [-0.39, 0.29) is 18.7 Å². The van der Waals surface area contributed by atoms with E-state index in [2.05, 4.69) is 5.32 Å². The Kier molecular flexibility index (Phi) is 8.03. The Bertz CT molecular complexity index is 435. The summed E-state index contributed by atoms with van der Waals surface area (Å²) in [5.74, 6) is -1.70. The Hall–Kier alpha value is -2.16. The summed E-state index contributed by atoms with van der Waals surface area (Å²) in [6, 6.07) is -0.208. The minimum absolute atomic E-state index is 0.119. The second-order valence-corrected chi connectivity index (χ2v) is 5.18. The predicted molar refractivity (Wildman–Crippen MR) is 81.2 cm³/mol. The molecule has 0 atom stereocenters. The third-order valence-corrected chi connectivity index (χ3v) is 3.54. The van der Waals surface area contributed by atoms with Crippen molar-refractivity contribution in [1.29, 1.82) is 0 Å². The third-order valence-electron chi connectivity index (χ3n) is 3.54. The summed E-state index contributed by atoms with van der Waals surface area (Å²) in [4.78, 5) is 48.6. The lowest BCUT2D eigenvalue weighted by Gasteiger charge is -2.31. The number of rotatable bonds is 6. The number of likely N-dealkylation sites (tertiary alicyclic amines) is 1. The van der Waals surface area contributed by atoms with Crippen molar-refractivity contribution < 1.29 is 23.9 Å². The van der Waals surface area contributed by atoms with Gasteiger partial charge in [-0.2, -0.15) is 0 Å². The first kappa shape index (κ1) is 18.9. The summed E-state index contributed by atoms with van der Waals surface area (Å²) in [7, 11) is 0. The molecule has 0 unspecified atom stereocenters. The van der Waals surface area contributed by atoms with Crippen LogP contribution in [0.15, 0.2) is 0 Å². The number of ether oxygens (including phenoxy) is 1. The van der Waals surface area contributed by atoms with Gasteiger partial charge in [0.2, 0.25) is 6.41 Å². The van der Waals surface area contributed by atoms with Crippen molar-refractivity contribution in [2.75, 3.05) is 32.8 Å². The van der Waals surface area contributed by atoms with Gasteiger partial charge in [-0.25, -0.2) is 4.79 Å². The van der Waals surface area contributed by atoms with Gasteiger partial charge in [0.25, 0.3) is 0 Å². The minimum atomic E-state index is -0.888. The van der Waals surface area contributed by atoms with Crippen LogP contribution in [0.25, 0.3) is 0 Å². The topological polar surface area (TPSA) is 122 Å². The number of imide groups is 1. The van der Waals surface area contributed by atoms with Crippen molar-refractivity contribution in [1.82, 2.24) is 15.1 Å². The Balaban J connectivity index is 2.42. The summed E-state index contributed by atoms with van der Waals surface area (Å²) < 4.78 is 4.91. The van der Waals surface area contributed by atoms with Gasteiger partial charge in [0, 0.05) is 25.7 Å². The van der Waals surface area contributed by atoms with Gasteiger partial charge < -0.3 is 20.7 Å². The summed E-state index contributed by atoms with van der Waals surface area (Å²) >= 11 is 0. The molecule has 9 nitrogen and oxygen atoms in total.